The summed E-state index contributed by atoms with van der Waals surface area (Å²) >= 11 is 0. The van der Waals surface area contributed by atoms with Crippen LogP contribution in [0.1, 0.15) is 39.7 Å². The number of benzene rings is 1. The number of ether oxygens (including phenoxy) is 1. The highest BCUT2D eigenvalue weighted by Gasteiger charge is 2.27. The molecule has 1 saturated heterocycles. The molecule has 1 aromatic carbocycles. The maximum absolute atomic E-state index is 12.1. The molecule has 1 heterocycles. The van der Waals surface area contributed by atoms with E-state index in [9.17, 15) is 4.79 Å². The summed E-state index contributed by atoms with van der Waals surface area (Å²) in [5.74, 6) is 1.90. The smallest absolute Gasteiger partial charge is 0.225 e. The van der Waals surface area contributed by atoms with Crippen molar-refractivity contribution in [3.63, 3.8) is 0 Å². The number of hydrogen-bond acceptors (Lipinski definition) is 3. The van der Waals surface area contributed by atoms with E-state index in [0.717, 1.165) is 36.8 Å². The van der Waals surface area contributed by atoms with Crippen molar-refractivity contribution in [1.29, 1.82) is 0 Å². The minimum absolute atomic E-state index is 0.0477. The fourth-order valence-electron chi connectivity index (χ4n) is 3.02. The van der Waals surface area contributed by atoms with Gasteiger partial charge in [0.05, 0.1) is 6.10 Å². The van der Waals surface area contributed by atoms with Crippen LogP contribution in [0.4, 0.5) is 0 Å². The van der Waals surface area contributed by atoms with E-state index in [1.807, 2.05) is 50.8 Å². The van der Waals surface area contributed by atoms with Gasteiger partial charge in [0.25, 0.3) is 0 Å². The minimum Gasteiger partial charge on any atom is -0.491 e. The summed E-state index contributed by atoms with van der Waals surface area (Å²) in [6.07, 6.45) is 1.10. The van der Waals surface area contributed by atoms with Crippen LogP contribution in [0, 0.1) is 5.92 Å². The molecule has 26 heavy (non-hydrogen) atoms. The van der Waals surface area contributed by atoms with Gasteiger partial charge in [-0.15, -0.1) is 0 Å². The molecule has 0 spiro atoms. The van der Waals surface area contributed by atoms with E-state index in [1.54, 1.807) is 7.05 Å². The average molecular weight is 361 g/mol. The van der Waals surface area contributed by atoms with Gasteiger partial charge in [-0.25, -0.2) is 0 Å². The molecule has 0 radical (unpaired) electrons. The zero-order valence-corrected chi connectivity index (χ0v) is 16.6. The molecule has 1 aliphatic heterocycles. The van der Waals surface area contributed by atoms with Crippen LogP contribution in [0.3, 0.4) is 0 Å². The van der Waals surface area contributed by atoms with Crippen molar-refractivity contribution < 1.29 is 9.53 Å². The summed E-state index contributed by atoms with van der Waals surface area (Å²) in [4.78, 5) is 18.3. The Labute approximate surface area is 157 Å². The Morgan fingerprint density at radius 2 is 2.12 bits per heavy atom. The van der Waals surface area contributed by atoms with Gasteiger partial charge in [0, 0.05) is 38.6 Å². The van der Waals surface area contributed by atoms with Gasteiger partial charge in [-0.1, -0.05) is 26.0 Å². The third-order valence-electron chi connectivity index (χ3n) is 4.29. The summed E-state index contributed by atoms with van der Waals surface area (Å²) in [7, 11) is 1.76. The van der Waals surface area contributed by atoms with E-state index in [0.29, 0.717) is 6.54 Å². The van der Waals surface area contributed by atoms with Crippen LogP contribution in [0.5, 0.6) is 5.75 Å². The first kappa shape index (κ1) is 20.1. The van der Waals surface area contributed by atoms with Crippen LogP contribution >= 0.6 is 0 Å². The highest BCUT2D eigenvalue weighted by Crippen LogP contribution is 2.15. The molecular weight excluding hydrogens is 328 g/mol. The van der Waals surface area contributed by atoms with Gasteiger partial charge in [0.1, 0.15) is 5.75 Å². The van der Waals surface area contributed by atoms with Crippen LogP contribution in [-0.2, 0) is 11.3 Å². The molecule has 144 valence electrons. The molecule has 1 unspecified atom stereocenters. The molecule has 1 aliphatic rings. The van der Waals surface area contributed by atoms with E-state index in [1.165, 1.54) is 0 Å². The first-order valence-corrected chi connectivity index (χ1v) is 9.40. The van der Waals surface area contributed by atoms with Crippen molar-refractivity contribution in [3.05, 3.63) is 29.8 Å². The highest BCUT2D eigenvalue weighted by atomic mass is 16.5. The number of likely N-dealkylation sites (tertiary alicyclic amines) is 1. The Morgan fingerprint density at radius 3 is 2.77 bits per heavy atom. The number of amides is 1. The quantitative estimate of drug-likeness (QED) is 0.604. The van der Waals surface area contributed by atoms with Gasteiger partial charge in [-0.05, 0) is 38.0 Å². The van der Waals surface area contributed by atoms with Crippen molar-refractivity contribution in [2.75, 3.05) is 20.1 Å². The second-order valence-corrected chi connectivity index (χ2v) is 7.31. The van der Waals surface area contributed by atoms with E-state index in [-0.39, 0.29) is 24.0 Å². The summed E-state index contributed by atoms with van der Waals surface area (Å²) in [5.41, 5.74) is 1.13. The monoisotopic (exact) mass is 360 g/mol. The summed E-state index contributed by atoms with van der Waals surface area (Å²) in [6, 6.07) is 8.30. The Balaban J connectivity index is 1.84. The third kappa shape index (κ3) is 5.93. The summed E-state index contributed by atoms with van der Waals surface area (Å²) in [5, 5.41) is 6.76. The van der Waals surface area contributed by atoms with Gasteiger partial charge < -0.3 is 20.3 Å². The predicted molar refractivity (Wildman–Crippen MR) is 105 cm³/mol. The lowest BCUT2D eigenvalue weighted by atomic mass is 10.2. The first-order chi connectivity index (χ1) is 12.4. The van der Waals surface area contributed by atoms with Crippen LogP contribution in [0.15, 0.2) is 29.3 Å². The summed E-state index contributed by atoms with van der Waals surface area (Å²) in [6.45, 7) is 10.1. The normalized spacial score (nSPS) is 17.7. The Morgan fingerprint density at radius 1 is 1.35 bits per heavy atom. The molecule has 1 fully saturated rings. The maximum Gasteiger partial charge on any atom is 0.225 e. The lowest BCUT2D eigenvalue weighted by Crippen LogP contribution is -2.45. The number of nitrogens with one attached hydrogen (secondary N) is 2. The second-order valence-electron chi connectivity index (χ2n) is 7.31. The average Bonchev–Trinajstić information content (AvgIpc) is 3.06. The van der Waals surface area contributed by atoms with Gasteiger partial charge >= 0.3 is 0 Å². The highest BCUT2D eigenvalue weighted by molar-refractivity contribution is 5.81. The Kier molecular flexibility index (Phi) is 7.30. The maximum atomic E-state index is 12.1. The molecule has 0 aliphatic carbocycles. The SMILES string of the molecule is CN=C(NCc1cccc(OC(C)C)c1)NC1CCN(C(=O)C(C)C)C1. The van der Waals surface area contributed by atoms with Crippen molar-refractivity contribution >= 4 is 11.9 Å². The Bertz CT molecular complexity index is 628. The Hall–Kier alpha value is -2.24. The van der Waals surface area contributed by atoms with E-state index >= 15 is 0 Å². The van der Waals surface area contributed by atoms with Gasteiger partial charge in [0.2, 0.25) is 5.91 Å². The molecule has 6 nitrogen and oxygen atoms in total. The largest absolute Gasteiger partial charge is 0.491 e. The van der Waals surface area contributed by atoms with Gasteiger partial charge in [-0.2, -0.15) is 0 Å². The predicted octanol–water partition coefficient (Wildman–Crippen LogP) is 2.40. The molecular formula is C20H32N4O2. The zero-order valence-electron chi connectivity index (χ0n) is 16.6. The van der Waals surface area contributed by atoms with Gasteiger partial charge in [0.15, 0.2) is 5.96 Å². The van der Waals surface area contributed by atoms with Crippen LogP contribution in [0.25, 0.3) is 0 Å². The number of rotatable bonds is 6. The van der Waals surface area contributed by atoms with E-state index < -0.39 is 0 Å². The number of nitrogens with zero attached hydrogens (tertiary/aromatic N) is 2. The van der Waals surface area contributed by atoms with E-state index in [2.05, 4.69) is 21.7 Å². The fraction of sp³-hybridized carbons (Fsp3) is 0.600. The molecule has 0 saturated carbocycles. The molecule has 0 aromatic heterocycles. The lowest BCUT2D eigenvalue weighted by Gasteiger charge is -2.20. The molecule has 2 rings (SSSR count). The van der Waals surface area contributed by atoms with Crippen LogP contribution in [0.2, 0.25) is 0 Å². The van der Waals surface area contributed by atoms with Crippen LogP contribution in [-0.4, -0.2) is 49.0 Å². The van der Waals surface area contributed by atoms with Crippen molar-refractivity contribution in [1.82, 2.24) is 15.5 Å². The number of guanidine groups is 1. The first-order valence-electron chi connectivity index (χ1n) is 9.40. The number of carbonyl (C=O) groups excluding carboxylic acids is 1. The minimum atomic E-state index is 0.0477. The zero-order chi connectivity index (χ0) is 19.1. The number of hydrogen-bond donors (Lipinski definition) is 2. The molecule has 2 N–H and O–H groups in total. The molecule has 1 amide bonds. The third-order valence-corrected chi connectivity index (χ3v) is 4.29. The van der Waals surface area contributed by atoms with Crippen LogP contribution < -0.4 is 15.4 Å². The van der Waals surface area contributed by atoms with Crippen molar-refractivity contribution in [3.8, 4) is 5.75 Å². The van der Waals surface area contributed by atoms with Gasteiger partial charge in [-0.3, -0.25) is 9.79 Å². The number of carbonyl (C=O) groups is 1. The van der Waals surface area contributed by atoms with E-state index in [4.69, 9.17) is 4.74 Å². The molecule has 1 atom stereocenters. The molecule has 0 bridgehead atoms. The second kappa shape index (κ2) is 9.46. The molecule has 1 aromatic rings. The van der Waals surface area contributed by atoms with Crippen molar-refractivity contribution in [2.45, 2.75) is 52.8 Å². The summed E-state index contributed by atoms with van der Waals surface area (Å²) < 4.78 is 5.74. The fourth-order valence-corrected chi connectivity index (χ4v) is 3.02. The van der Waals surface area contributed by atoms with Crippen molar-refractivity contribution in [2.24, 2.45) is 10.9 Å². The topological polar surface area (TPSA) is 66.0 Å². The standard InChI is InChI=1S/C20H32N4O2/c1-14(2)19(25)24-10-9-17(13-24)23-20(21-5)22-12-16-7-6-8-18(11-16)26-15(3)4/h6-8,11,14-15,17H,9-10,12-13H2,1-5H3,(H2,21,22,23). The molecule has 6 heteroatoms. The lowest BCUT2D eigenvalue weighted by molar-refractivity contribution is -0.133. The number of aliphatic imine (C=N–C) groups is 1.